The second-order valence-electron chi connectivity index (χ2n) is 9.01. The zero-order chi connectivity index (χ0) is 21.3. The van der Waals surface area contributed by atoms with E-state index in [1.165, 1.54) is 11.1 Å². The zero-order valence-corrected chi connectivity index (χ0v) is 18.1. The number of nitrogens with zero attached hydrogens (tertiary/aromatic N) is 1. The van der Waals surface area contributed by atoms with Crippen LogP contribution in [0.15, 0.2) is 54.6 Å². The third kappa shape index (κ3) is 4.61. The smallest absolute Gasteiger partial charge is 0.410 e. The van der Waals surface area contributed by atoms with Crippen molar-refractivity contribution < 1.29 is 19.0 Å². The van der Waals surface area contributed by atoms with E-state index in [0.717, 1.165) is 36.8 Å². The summed E-state index contributed by atoms with van der Waals surface area (Å²) in [5.41, 5.74) is 2.11. The molecule has 158 valence electrons. The minimum absolute atomic E-state index is 0.203. The highest BCUT2D eigenvalue weighted by molar-refractivity contribution is 5.72. The van der Waals surface area contributed by atoms with Crippen LogP contribution in [0.25, 0.3) is 5.57 Å². The SMILES string of the molecule is COc1cccc(Oc2ccc(C3=C[C@H]4CN(C(=O)OC(C)(C)C)C[C@H]4C3)cc2)c1. The summed E-state index contributed by atoms with van der Waals surface area (Å²) in [6.07, 6.45) is 3.11. The lowest BCUT2D eigenvalue weighted by Crippen LogP contribution is -2.35. The van der Waals surface area contributed by atoms with E-state index in [-0.39, 0.29) is 6.09 Å². The fourth-order valence-corrected chi connectivity index (χ4v) is 4.14. The van der Waals surface area contributed by atoms with Crippen molar-refractivity contribution in [3.05, 3.63) is 60.2 Å². The minimum atomic E-state index is -0.454. The molecule has 0 spiro atoms. The summed E-state index contributed by atoms with van der Waals surface area (Å²) in [5, 5.41) is 0. The molecule has 1 amide bonds. The van der Waals surface area contributed by atoms with Crippen molar-refractivity contribution in [3.63, 3.8) is 0 Å². The van der Waals surface area contributed by atoms with Crippen LogP contribution in [0.1, 0.15) is 32.8 Å². The molecule has 1 aliphatic heterocycles. The molecule has 0 bridgehead atoms. The molecule has 2 aromatic rings. The van der Waals surface area contributed by atoms with E-state index in [1.807, 2.05) is 62.1 Å². The Hall–Kier alpha value is -2.95. The molecule has 0 N–H and O–H groups in total. The Bertz CT molecular complexity index is 942. The first-order chi connectivity index (χ1) is 14.3. The van der Waals surface area contributed by atoms with Gasteiger partial charge in [-0.15, -0.1) is 0 Å². The molecule has 0 radical (unpaired) electrons. The van der Waals surface area contributed by atoms with Crippen molar-refractivity contribution >= 4 is 11.7 Å². The Morgan fingerprint density at radius 3 is 2.40 bits per heavy atom. The average molecular weight is 408 g/mol. The van der Waals surface area contributed by atoms with Crippen molar-refractivity contribution in [2.24, 2.45) is 11.8 Å². The van der Waals surface area contributed by atoms with Crippen LogP contribution in [0.3, 0.4) is 0 Å². The number of ether oxygens (including phenoxy) is 3. The normalized spacial score (nSPS) is 20.5. The summed E-state index contributed by atoms with van der Waals surface area (Å²) in [7, 11) is 1.64. The molecular weight excluding hydrogens is 378 g/mol. The number of hydrogen-bond acceptors (Lipinski definition) is 4. The van der Waals surface area contributed by atoms with Gasteiger partial charge in [-0.25, -0.2) is 4.79 Å². The lowest BCUT2D eigenvalue weighted by molar-refractivity contribution is 0.0285. The van der Waals surface area contributed by atoms with Crippen molar-refractivity contribution in [1.82, 2.24) is 4.90 Å². The number of hydrogen-bond donors (Lipinski definition) is 0. The zero-order valence-electron chi connectivity index (χ0n) is 18.1. The average Bonchev–Trinajstić information content (AvgIpc) is 3.27. The third-order valence-electron chi connectivity index (χ3n) is 5.54. The van der Waals surface area contributed by atoms with Crippen LogP contribution in [0.4, 0.5) is 4.79 Å². The van der Waals surface area contributed by atoms with E-state index >= 15 is 0 Å². The fraction of sp³-hybridized carbons (Fsp3) is 0.400. The van der Waals surface area contributed by atoms with Gasteiger partial charge >= 0.3 is 6.09 Å². The fourth-order valence-electron chi connectivity index (χ4n) is 4.14. The van der Waals surface area contributed by atoms with Gasteiger partial charge in [0, 0.05) is 19.2 Å². The van der Waals surface area contributed by atoms with Crippen LogP contribution in [-0.4, -0.2) is 36.8 Å². The van der Waals surface area contributed by atoms with Gasteiger partial charge < -0.3 is 19.1 Å². The predicted octanol–water partition coefficient (Wildman–Crippen LogP) is 5.76. The highest BCUT2D eigenvalue weighted by Gasteiger charge is 2.39. The lowest BCUT2D eigenvalue weighted by atomic mass is 9.98. The number of likely N-dealkylation sites (tertiary alicyclic amines) is 1. The first kappa shape index (κ1) is 20.3. The Labute approximate surface area is 178 Å². The summed E-state index contributed by atoms with van der Waals surface area (Å²) in [4.78, 5) is 14.2. The monoisotopic (exact) mass is 407 g/mol. The molecule has 2 aromatic carbocycles. The molecule has 1 aliphatic carbocycles. The van der Waals surface area contributed by atoms with Gasteiger partial charge in [0.1, 0.15) is 22.8 Å². The summed E-state index contributed by atoms with van der Waals surface area (Å²) in [5.74, 6) is 3.19. The van der Waals surface area contributed by atoms with Gasteiger partial charge in [-0.1, -0.05) is 24.3 Å². The highest BCUT2D eigenvalue weighted by Crippen LogP contribution is 2.41. The van der Waals surface area contributed by atoms with E-state index in [4.69, 9.17) is 14.2 Å². The maximum absolute atomic E-state index is 12.3. The summed E-state index contributed by atoms with van der Waals surface area (Å²) >= 11 is 0. The first-order valence-electron chi connectivity index (χ1n) is 10.4. The Morgan fingerprint density at radius 2 is 1.73 bits per heavy atom. The standard InChI is InChI=1S/C25H29NO4/c1-25(2,3)30-24(27)26-15-19-12-18(13-20(19)16-26)17-8-10-21(11-9-17)29-23-7-5-6-22(14-23)28-4/h5-12,14,19-20H,13,15-16H2,1-4H3/t19-,20+/m0/s1. The maximum Gasteiger partial charge on any atom is 0.410 e. The van der Waals surface area contributed by atoms with Crippen LogP contribution in [0.2, 0.25) is 0 Å². The van der Waals surface area contributed by atoms with Crippen molar-refractivity contribution in [2.45, 2.75) is 32.8 Å². The Morgan fingerprint density at radius 1 is 1.00 bits per heavy atom. The van der Waals surface area contributed by atoms with Crippen molar-refractivity contribution in [1.29, 1.82) is 0 Å². The molecule has 1 saturated heterocycles. The molecule has 2 atom stereocenters. The number of carbonyl (C=O) groups is 1. The summed E-state index contributed by atoms with van der Waals surface area (Å²) in [6, 6.07) is 15.8. The molecule has 5 heteroatoms. The van der Waals surface area contributed by atoms with Gasteiger partial charge in [0.25, 0.3) is 0 Å². The maximum atomic E-state index is 12.3. The number of amides is 1. The second-order valence-corrected chi connectivity index (χ2v) is 9.01. The largest absolute Gasteiger partial charge is 0.497 e. The van der Waals surface area contributed by atoms with Gasteiger partial charge in [-0.3, -0.25) is 0 Å². The minimum Gasteiger partial charge on any atom is -0.497 e. The van der Waals surface area contributed by atoms with Crippen LogP contribution >= 0.6 is 0 Å². The Kier molecular flexibility index (Phi) is 5.46. The Balaban J connectivity index is 1.38. The molecule has 0 aromatic heterocycles. The number of methoxy groups -OCH3 is 1. The molecule has 0 saturated carbocycles. The first-order valence-corrected chi connectivity index (χ1v) is 10.4. The van der Waals surface area contributed by atoms with Crippen LogP contribution in [0, 0.1) is 11.8 Å². The van der Waals surface area contributed by atoms with Gasteiger partial charge in [-0.2, -0.15) is 0 Å². The molecular formula is C25H29NO4. The quantitative estimate of drug-likeness (QED) is 0.647. The van der Waals surface area contributed by atoms with Gasteiger partial charge in [0.15, 0.2) is 0 Å². The van der Waals surface area contributed by atoms with Crippen LogP contribution < -0.4 is 9.47 Å². The summed E-state index contributed by atoms with van der Waals surface area (Å²) < 4.78 is 16.7. The topological polar surface area (TPSA) is 48.0 Å². The van der Waals surface area contributed by atoms with Gasteiger partial charge in [0.05, 0.1) is 7.11 Å². The molecule has 2 aliphatic rings. The summed E-state index contributed by atoms with van der Waals surface area (Å²) in [6.45, 7) is 7.21. The molecule has 1 fully saturated rings. The van der Waals surface area contributed by atoms with E-state index in [0.29, 0.717) is 11.8 Å². The number of carbonyl (C=O) groups excluding carboxylic acids is 1. The highest BCUT2D eigenvalue weighted by atomic mass is 16.6. The molecule has 1 heterocycles. The van der Waals surface area contributed by atoms with Crippen molar-refractivity contribution in [2.75, 3.05) is 20.2 Å². The second kappa shape index (κ2) is 8.05. The van der Waals surface area contributed by atoms with Gasteiger partial charge in [-0.05, 0) is 74.4 Å². The van der Waals surface area contributed by atoms with Crippen LogP contribution in [0.5, 0.6) is 17.2 Å². The molecule has 5 nitrogen and oxygen atoms in total. The van der Waals surface area contributed by atoms with E-state index in [9.17, 15) is 4.79 Å². The number of allylic oxidation sites excluding steroid dienone is 1. The van der Waals surface area contributed by atoms with E-state index in [1.54, 1.807) is 7.11 Å². The predicted molar refractivity (Wildman–Crippen MR) is 117 cm³/mol. The number of fused-ring (bicyclic) bond motifs is 1. The molecule has 4 rings (SSSR count). The van der Waals surface area contributed by atoms with Crippen LogP contribution in [-0.2, 0) is 4.74 Å². The molecule has 0 unspecified atom stereocenters. The molecule has 30 heavy (non-hydrogen) atoms. The van der Waals surface area contributed by atoms with E-state index < -0.39 is 5.60 Å². The number of benzene rings is 2. The number of rotatable bonds is 4. The van der Waals surface area contributed by atoms with Gasteiger partial charge in [0.2, 0.25) is 0 Å². The van der Waals surface area contributed by atoms with E-state index in [2.05, 4.69) is 18.2 Å². The third-order valence-corrected chi connectivity index (χ3v) is 5.54. The lowest BCUT2D eigenvalue weighted by Gasteiger charge is -2.24. The van der Waals surface area contributed by atoms with Crippen molar-refractivity contribution in [3.8, 4) is 17.2 Å².